The van der Waals surface area contributed by atoms with E-state index in [1.165, 1.54) is 0 Å². The Balaban J connectivity index is 2.00. The molecule has 0 amide bonds. The van der Waals surface area contributed by atoms with Crippen molar-refractivity contribution in [2.75, 3.05) is 5.75 Å². The van der Waals surface area contributed by atoms with E-state index in [9.17, 15) is 13.2 Å². The van der Waals surface area contributed by atoms with Crippen molar-refractivity contribution in [1.29, 1.82) is 0 Å². The SMILES string of the molecule is CCS(=O)(=O)Cc1ccc2c(c1)-c1cn(C)c(=O)cc1[C@H](C)N=C2c1ccncc1. The normalized spacial score (nSPS) is 15.7. The third-order valence-electron chi connectivity index (χ3n) is 5.44. The Morgan fingerprint density at radius 3 is 2.47 bits per heavy atom. The maximum absolute atomic E-state index is 12.3. The number of rotatable bonds is 4. The van der Waals surface area contributed by atoms with Crippen LogP contribution >= 0.6 is 0 Å². The van der Waals surface area contributed by atoms with Crippen molar-refractivity contribution in [3.63, 3.8) is 0 Å². The number of aliphatic imine (C=N–C) groups is 1. The molecule has 30 heavy (non-hydrogen) atoms. The molecule has 1 atom stereocenters. The minimum Gasteiger partial charge on any atom is -0.318 e. The zero-order valence-electron chi connectivity index (χ0n) is 17.2. The van der Waals surface area contributed by atoms with Gasteiger partial charge in [-0.1, -0.05) is 19.1 Å². The third kappa shape index (κ3) is 3.73. The topological polar surface area (TPSA) is 81.4 Å². The van der Waals surface area contributed by atoms with E-state index in [0.29, 0.717) is 0 Å². The van der Waals surface area contributed by atoms with Crippen LogP contribution in [0.1, 0.15) is 42.1 Å². The van der Waals surface area contributed by atoms with Crippen molar-refractivity contribution < 1.29 is 8.42 Å². The first-order valence-electron chi connectivity index (χ1n) is 9.82. The van der Waals surface area contributed by atoms with Gasteiger partial charge in [0.1, 0.15) is 0 Å². The first-order valence-corrected chi connectivity index (χ1v) is 11.6. The van der Waals surface area contributed by atoms with Gasteiger partial charge in [-0.15, -0.1) is 0 Å². The molecule has 0 radical (unpaired) electrons. The molecule has 0 unspecified atom stereocenters. The average molecular weight is 422 g/mol. The molecule has 0 spiro atoms. The highest BCUT2D eigenvalue weighted by Gasteiger charge is 2.24. The Labute approximate surface area is 175 Å². The second kappa shape index (κ2) is 7.65. The molecule has 3 aromatic rings. The van der Waals surface area contributed by atoms with Gasteiger partial charge < -0.3 is 4.57 Å². The molecule has 0 N–H and O–H groups in total. The minimum atomic E-state index is -3.17. The molecule has 0 fully saturated rings. The highest BCUT2D eigenvalue weighted by atomic mass is 32.2. The number of hydrogen-bond acceptors (Lipinski definition) is 5. The molecule has 1 aromatic carbocycles. The zero-order chi connectivity index (χ0) is 21.5. The molecule has 1 aliphatic rings. The van der Waals surface area contributed by atoms with Crippen molar-refractivity contribution in [3.05, 3.63) is 87.6 Å². The van der Waals surface area contributed by atoms with Crippen LogP contribution in [0.3, 0.4) is 0 Å². The van der Waals surface area contributed by atoms with E-state index in [-0.39, 0.29) is 23.1 Å². The lowest BCUT2D eigenvalue weighted by molar-refractivity contribution is 0.596. The van der Waals surface area contributed by atoms with Crippen LogP contribution in [0, 0.1) is 0 Å². The first-order chi connectivity index (χ1) is 14.3. The summed E-state index contributed by atoms with van der Waals surface area (Å²) in [6.45, 7) is 3.62. The molecule has 154 valence electrons. The number of benzene rings is 1. The van der Waals surface area contributed by atoms with Gasteiger partial charge in [-0.05, 0) is 41.8 Å². The molecule has 3 heterocycles. The number of fused-ring (bicyclic) bond motifs is 3. The van der Waals surface area contributed by atoms with E-state index in [0.717, 1.165) is 39.1 Å². The molecule has 0 bridgehead atoms. The molecule has 2 aromatic heterocycles. The second-order valence-electron chi connectivity index (χ2n) is 7.54. The van der Waals surface area contributed by atoms with E-state index in [2.05, 4.69) is 4.98 Å². The molecular weight excluding hydrogens is 398 g/mol. The van der Waals surface area contributed by atoms with Crippen LogP contribution in [0.15, 0.2) is 64.8 Å². The van der Waals surface area contributed by atoms with Crippen LogP contribution in [0.2, 0.25) is 0 Å². The predicted octanol–water partition coefficient (Wildman–Crippen LogP) is 3.29. The summed E-state index contributed by atoms with van der Waals surface area (Å²) in [5.41, 5.74) is 5.85. The number of pyridine rings is 2. The standard InChI is InChI=1S/C23H23N3O3S/c1-4-30(28,29)14-16-5-6-18-20(11-16)21-13-26(3)22(27)12-19(21)15(2)25-23(18)17-7-9-24-10-8-17/h5-13,15H,4,14H2,1-3H3/t15-/m0/s1. The van der Waals surface area contributed by atoms with Crippen molar-refractivity contribution in [3.8, 4) is 11.1 Å². The Morgan fingerprint density at radius 1 is 1.03 bits per heavy atom. The molecule has 0 saturated heterocycles. The Kier molecular flexibility index (Phi) is 5.15. The number of nitrogens with zero attached hydrogens (tertiary/aromatic N) is 3. The number of aromatic nitrogens is 2. The molecule has 0 aliphatic carbocycles. The largest absolute Gasteiger partial charge is 0.318 e. The van der Waals surface area contributed by atoms with E-state index < -0.39 is 9.84 Å². The van der Waals surface area contributed by atoms with Gasteiger partial charge in [0, 0.05) is 54.1 Å². The number of aryl methyl sites for hydroxylation is 1. The zero-order valence-corrected chi connectivity index (χ0v) is 18.0. The highest BCUT2D eigenvalue weighted by Crippen LogP contribution is 2.37. The third-order valence-corrected chi connectivity index (χ3v) is 7.10. The van der Waals surface area contributed by atoms with Crippen LogP contribution in [0.25, 0.3) is 11.1 Å². The first kappa shape index (κ1) is 20.2. The summed E-state index contributed by atoms with van der Waals surface area (Å²) in [5.74, 6) is 0.0745. The van der Waals surface area contributed by atoms with Gasteiger partial charge in [-0.2, -0.15) is 0 Å². The van der Waals surface area contributed by atoms with Gasteiger partial charge in [0.25, 0.3) is 5.56 Å². The molecule has 0 saturated carbocycles. The summed E-state index contributed by atoms with van der Waals surface area (Å²) in [6, 6.07) is 10.9. The van der Waals surface area contributed by atoms with Gasteiger partial charge >= 0.3 is 0 Å². The van der Waals surface area contributed by atoms with Gasteiger partial charge in [0.15, 0.2) is 9.84 Å². The summed E-state index contributed by atoms with van der Waals surface area (Å²) in [6.07, 6.45) is 5.26. The lowest BCUT2D eigenvalue weighted by atomic mass is 9.91. The molecule has 7 heteroatoms. The van der Waals surface area contributed by atoms with Gasteiger partial charge in [-0.3, -0.25) is 14.8 Å². The monoisotopic (exact) mass is 421 g/mol. The summed E-state index contributed by atoms with van der Waals surface area (Å²) >= 11 is 0. The van der Waals surface area contributed by atoms with Crippen molar-refractivity contribution in [2.45, 2.75) is 25.6 Å². The predicted molar refractivity (Wildman–Crippen MR) is 119 cm³/mol. The molecular formula is C23H23N3O3S. The maximum Gasteiger partial charge on any atom is 0.250 e. The molecule has 6 nitrogen and oxygen atoms in total. The average Bonchev–Trinajstić information content (AvgIpc) is 2.84. The summed E-state index contributed by atoms with van der Waals surface area (Å²) in [4.78, 5) is 21.4. The van der Waals surface area contributed by atoms with E-state index >= 15 is 0 Å². The highest BCUT2D eigenvalue weighted by molar-refractivity contribution is 7.90. The Morgan fingerprint density at radius 2 is 1.77 bits per heavy atom. The van der Waals surface area contributed by atoms with E-state index in [1.807, 2.05) is 43.5 Å². The van der Waals surface area contributed by atoms with Crippen LogP contribution in [0.4, 0.5) is 0 Å². The number of sulfone groups is 1. The summed E-state index contributed by atoms with van der Waals surface area (Å²) < 4.78 is 26.0. The van der Waals surface area contributed by atoms with Crippen LogP contribution in [-0.4, -0.2) is 29.4 Å². The van der Waals surface area contributed by atoms with Crippen LogP contribution < -0.4 is 5.56 Å². The minimum absolute atomic E-state index is 0.0187. The second-order valence-corrected chi connectivity index (χ2v) is 9.89. The van der Waals surface area contributed by atoms with Gasteiger partial charge in [0.2, 0.25) is 0 Å². The fraction of sp³-hybridized carbons (Fsp3) is 0.261. The molecule has 1 aliphatic heterocycles. The fourth-order valence-corrected chi connectivity index (χ4v) is 4.65. The fourth-order valence-electron chi connectivity index (χ4n) is 3.75. The lowest BCUT2D eigenvalue weighted by Gasteiger charge is -2.15. The molecule has 4 rings (SSSR count). The van der Waals surface area contributed by atoms with Gasteiger partial charge in [-0.25, -0.2) is 8.42 Å². The van der Waals surface area contributed by atoms with Crippen molar-refractivity contribution in [2.24, 2.45) is 12.0 Å². The number of hydrogen-bond donors (Lipinski definition) is 0. The van der Waals surface area contributed by atoms with E-state index in [4.69, 9.17) is 4.99 Å². The maximum atomic E-state index is 12.3. The van der Waals surface area contributed by atoms with Crippen molar-refractivity contribution >= 4 is 15.5 Å². The smallest absolute Gasteiger partial charge is 0.250 e. The summed E-state index contributed by atoms with van der Waals surface area (Å²) in [7, 11) is -1.45. The van der Waals surface area contributed by atoms with E-state index in [1.54, 1.807) is 37.0 Å². The van der Waals surface area contributed by atoms with Crippen LogP contribution in [0.5, 0.6) is 0 Å². The lowest BCUT2D eigenvalue weighted by Crippen LogP contribution is -2.17. The summed E-state index contributed by atoms with van der Waals surface area (Å²) in [5, 5.41) is 0. The van der Waals surface area contributed by atoms with Crippen LogP contribution in [-0.2, 0) is 22.6 Å². The Bertz CT molecular complexity index is 1310. The quantitative estimate of drug-likeness (QED) is 0.647. The Hall–Kier alpha value is -3.06. The van der Waals surface area contributed by atoms with Crippen molar-refractivity contribution in [1.82, 2.24) is 9.55 Å². The van der Waals surface area contributed by atoms with Gasteiger partial charge in [0.05, 0.1) is 17.5 Å².